The molecule has 5 nitrogen and oxygen atoms in total. The lowest BCUT2D eigenvalue weighted by Crippen LogP contribution is -2.42. The van der Waals surface area contributed by atoms with Crippen LogP contribution in [-0.2, 0) is 16.6 Å². The molecule has 0 unspecified atom stereocenters. The Bertz CT molecular complexity index is 534. The number of rotatable bonds is 5. The molecule has 1 aliphatic rings. The molecule has 6 heteroatoms. The summed E-state index contributed by atoms with van der Waals surface area (Å²) >= 11 is 0. The maximum Gasteiger partial charge on any atom is 0.276 e. The zero-order valence-corrected chi connectivity index (χ0v) is 12.6. The molecule has 0 spiro atoms. The van der Waals surface area contributed by atoms with Gasteiger partial charge in [0.2, 0.25) is 5.09 Å². The van der Waals surface area contributed by atoms with Crippen molar-refractivity contribution in [2.75, 3.05) is 13.1 Å². The fourth-order valence-corrected chi connectivity index (χ4v) is 4.26. The van der Waals surface area contributed by atoms with Crippen LogP contribution >= 0.6 is 0 Å². The first-order valence-electron chi connectivity index (χ1n) is 6.70. The van der Waals surface area contributed by atoms with Crippen molar-refractivity contribution in [1.29, 1.82) is 0 Å². The van der Waals surface area contributed by atoms with Crippen molar-refractivity contribution in [1.82, 2.24) is 9.62 Å². The van der Waals surface area contributed by atoms with E-state index in [1.54, 1.807) is 16.4 Å². The zero-order valence-electron chi connectivity index (χ0n) is 11.8. The van der Waals surface area contributed by atoms with Crippen LogP contribution in [0, 0.1) is 0 Å². The van der Waals surface area contributed by atoms with Crippen molar-refractivity contribution in [3.05, 3.63) is 17.9 Å². The summed E-state index contributed by atoms with van der Waals surface area (Å²) in [5, 5.41) is 3.16. The minimum atomic E-state index is -3.51. The molecule has 0 radical (unpaired) electrons. The van der Waals surface area contributed by atoms with Gasteiger partial charge in [0.15, 0.2) is 0 Å². The Kier molecular flexibility index (Phi) is 4.03. The van der Waals surface area contributed by atoms with Gasteiger partial charge in [-0.2, -0.15) is 4.31 Å². The van der Waals surface area contributed by atoms with Crippen molar-refractivity contribution in [2.45, 2.75) is 50.8 Å². The fourth-order valence-electron chi connectivity index (χ4n) is 2.48. The average molecular weight is 286 g/mol. The Balaban J connectivity index is 2.22. The quantitative estimate of drug-likeness (QED) is 0.898. The molecule has 1 saturated heterocycles. The summed E-state index contributed by atoms with van der Waals surface area (Å²) in [7, 11) is -3.51. The Morgan fingerprint density at radius 2 is 2.16 bits per heavy atom. The molecule has 0 bridgehead atoms. The van der Waals surface area contributed by atoms with Crippen LogP contribution in [0.15, 0.2) is 21.6 Å². The van der Waals surface area contributed by atoms with E-state index in [1.807, 2.05) is 20.8 Å². The molecule has 1 aromatic rings. The molecule has 19 heavy (non-hydrogen) atoms. The van der Waals surface area contributed by atoms with E-state index in [-0.39, 0.29) is 10.6 Å². The van der Waals surface area contributed by atoms with E-state index in [0.29, 0.717) is 18.8 Å². The summed E-state index contributed by atoms with van der Waals surface area (Å²) < 4.78 is 32.1. The van der Waals surface area contributed by atoms with E-state index in [4.69, 9.17) is 4.42 Å². The molecular weight excluding hydrogens is 264 g/mol. The van der Waals surface area contributed by atoms with Crippen molar-refractivity contribution in [3.63, 3.8) is 0 Å². The van der Waals surface area contributed by atoms with Gasteiger partial charge in [-0.15, -0.1) is 0 Å². The molecule has 0 aromatic carbocycles. The molecule has 0 amide bonds. The third-order valence-electron chi connectivity index (χ3n) is 3.56. The maximum atomic E-state index is 12.5. The third kappa shape index (κ3) is 2.85. The van der Waals surface area contributed by atoms with Gasteiger partial charge < -0.3 is 9.73 Å². The van der Waals surface area contributed by atoms with Gasteiger partial charge in [-0.05, 0) is 45.4 Å². The van der Waals surface area contributed by atoms with Gasteiger partial charge >= 0.3 is 0 Å². The second-order valence-electron chi connectivity index (χ2n) is 5.49. The standard InChI is InChI=1S/C13H22N2O3S/c1-4-14-10-11-6-7-12(18-11)19(16,17)15-9-5-8-13(15,2)3/h6-7,14H,4-5,8-10H2,1-3H3. The fraction of sp³-hybridized carbons (Fsp3) is 0.692. The molecule has 1 N–H and O–H groups in total. The molecule has 1 fully saturated rings. The Labute approximate surface area is 115 Å². The van der Waals surface area contributed by atoms with Crippen molar-refractivity contribution in [2.24, 2.45) is 0 Å². The highest BCUT2D eigenvalue weighted by Crippen LogP contribution is 2.34. The molecule has 0 atom stereocenters. The van der Waals surface area contributed by atoms with Gasteiger partial charge in [-0.3, -0.25) is 0 Å². The van der Waals surface area contributed by atoms with E-state index >= 15 is 0 Å². The van der Waals surface area contributed by atoms with Crippen LogP contribution in [-0.4, -0.2) is 31.4 Å². The van der Waals surface area contributed by atoms with E-state index in [2.05, 4.69) is 5.32 Å². The van der Waals surface area contributed by atoms with Crippen LogP contribution < -0.4 is 5.32 Å². The lowest BCUT2D eigenvalue weighted by atomic mass is 10.0. The molecule has 0 aliphatic carbocycles. The van der Waals surface area contributed by atoms with Crippen LogP contribution in [0.4, 0.5) is 0 Å². The first-order chi connectivity index (χ1) is 8.88. The van der Waals surface area contributed by atoms with Crippen LogP contribution in [0.1, 0.15) is 39.4 Å². The second-order valence-corrected chi connectivity index (χ2v) is 7.29. The number of hydrogen-bond donors (Lipinski definition) is 1. The molecular formula is C13H22N2O3S. The summed E-state index contributed by atoms with van der Waals surface area (Å²) in [4.78, 5) is 0. The average Bonchev–Trinajstić information content (AvgIpc) is 2.92. The second kappa shape index (κ2) is 5.26. The minimum absolute atomic E-state index is 0.0513. The van der Waals surface area contributed by atoms with E-state index in [0.717, 1.165) is 19.4 Å². The molecule has 2 heterocycles. The summed E-state index contributed by atoms with van der Waals surface area (Å²) in [6, 6.07) is 3.27. The third-order valence-corrected chi connectivity index (χ3v) is 5.54. The highest BCUT2D eigenvalue weighted by atomic mass is 32.2. The lowest BCUT2D eigenvalue weighted by Gasteiger charge is -2.29. The normalized spacial score (nSPS) is 19.9. The topological polar surface area (TPSA) is 62.6 Å². The number of nitrogens with one attached hydrogen (secondary N) is 1. The van der Waals surface area contributed by atoms with Gasteiger partial charge in [0.05, 0.1) is 6.54 Å². The molecule has 0 saturated carbocycles. The Morgan fingerprint density at radius 1 is 1.42 bits per heavy atom. The van der Waals surface area contributed by atoms with Crippen LogP contribution in [0.25, 0.3) is 0 Å². The van der Waals surface area contributed by atoms with Gasteiger partial charge in [-0.1, -0.05) is 6.92 Å². The summed E-state index contributed by atoms with van der Waals surface area (Å²) in [5.41, 5.74) is -0.326. The number of nitrogens with zero attached hydrogens (tertiary/aromatic N) is 1. The van der Waals surface area contributed by atoms with E-state index < -0.39 is 10.0 Å². The predicted molar refractivity (Wildman–Crippen MR) is 73.3 cm³/mol. The Morgan fingerprint density at radius 3 is 2.74 bits per heavy atom. The van der Waals surface area contributed by atoms with Crippen molar-refractivity contribution < 1.29 is 12.8 Å². The number of furan rings is 1. The van der Waals surface area contributed by atoms with Crippen LogP contribution in [0.5, 0.6) is 0 Å². The SMILES string of the molecule is CCNCc1ccc(S(=O)(=O)N2CCCC2(C)C)o1. The van der Waals surface area contributed by atoms with Gasteiger partial charge in [-0.25, -0.2) is 8.42 Å². The first kappa shape index (κ1) is 14.6. The smallest absolute Gasteiger partial charge is 0.276 e. The first-order valence-corrected chi connectivity index (χ1v) is 8.14. The minimum Gasteiger partial charge on any atom is -0.447 e. The van der Waals surface area contributed by atoms with E-state index in [9.17, 15) is 8.42 Å². The van der Waals surface area contributed by atoms with Crippen LogP contribution in [0.2, 0.25) is 0 Å². The molecule has 1 aromatic heterocycles. The maximum absolute atomic E-state index is 12.5. The predicted octanol–water partition coefficient (Wildman–Crippen LogP) is 1.95. The zero-order chi connectivity index (χ0) is 14.1. The monoisotopic (exact) mass is 286 g/mol. The van der Waals surface area contributed by atoms with Crippen LogP contribution in [0.3, 0.4) is 0 Å². The Hall–Kier alpha value is -0.850. The largest absolute Gasteiger partial charge is 0.447 e. The van der Waals surface area contributed by atoms with Gasteiger partial charge in [0, 0.05) is 12.1 Å². The van der Waals surface area contributed by atoms with E-state index in [1.165, 1.54) is 0 Å². The number of sulfonamides is 1. The molecule has 1 aliphatic heterocycles. The van der Waals surface area contributed by atoms with Gasteiger partial charge in [0.1, 0.15) is 5.76 Å². The lowest BCUT2D eigenvalue weighted by molar-refractivity contribution is 0.280. The number of hydrogen-bond acceptors (Lipinski definition) is 4. The van der Waals surface area contributed by atoms with Gasteiger partial charge in [0.25, 0.3) is 10.0 Å². The summed E-state index contributed by atoms with van der Waals surface area (Å²) in [6.07, 6.45) is 1.79. The van der Waals surface area contributed by atoms with Crippen molar-refractivity contribution in [3.8, 4) is 0 Å². The van der Waals surface area contributed by atoms with Crippen molar-refractivity contribution >= 4 is 10.0 Å². The summed E-state index contributed by atoms with van der Waals surface area (Å²) in [5.74, 6) is 0.650. The molecule has 2 rings (SSSR count). The summed E-state index contributed by atoms with van der Waals surface area (Å²) in [6.45, 7) is 7.85. The highest BCUT2D eigenvalue weighted by Gasteiger charge is 2.42. The molecule has 108 valence electrons. The highest BCUT2D eigenvalue weighted by molar-refractivity contribution is 7.89.